The van der Waals surface area contributed by atoms with Crippen LogP contribution in [-0.4, -0.2) is 37.7 Å². The van der Waals surface area contributed by atoms with Crippen molar-refractivity contribution in [3.8, 4) is 11.8 Å². The van der Waals surface area contributed by atoms with Gasteiger partial charge in [0.2, 0.25) is 10.0 Å². The van der Waals surface area contributed by atoms with Crippen LogP contribution in [0.3, 0.4) is 0 Å². The molecule has 1 aromatic rings. The molecule has 0 saturated heterocycles. The second-order valence-electron chi connectivity index (χ2n) is 5.02. The Morgan fingerprint density at radius 1 is 1.38 bits per heavy atom. The molecule has 0 radical (unpaired) electrons. The molecule has 21 heavy (non-hydrogen) atoms. The lowest BCUT2D eigenvalue weighted by molar-refractivity contribution is 0.350. The molecule has 0 unspecified atom stereocenters. The van der Waals surface area contributed by atoms with E-state index in [0.29, 0.717) is 12.1 Å². The Bertz CT molecular complexity index is 649. The predicted octanol–water partition coefficient (Wildman–Crippen LogP) is 1.59. The Kier molecular flexibility index (Phi) is 5.33. The summed E-state index contributed by atoms with van der Waals surface area (Å²) in [4.78, 5) is 0.168. The maximum Gasteiger partial charge on any atom is 0.241 e. The molecular formula is C15H19NO3S2. The monoisotopic (exact) mass is 325 g/mol. The Morgan fingerprint density at radius 3 is 2.67 bits per heavy atom. The minimum atomic E-state index is -3.59. The van der Waals surface area contributed by atoms with Crippen LogP contribution in [0.2, 0.25) is 0 Å². The fourth-order valence-corrected chi connectivity index (χ4v) is 4.56. The van der Waals surface area contributed by atoms with Gasteiger partial charge in [-0.1, -0.05) is 30.4 Å². The summed E-state index contributed by atoms with van der Waals surface area (Å²) < 4.78 is 27.7. The molecule has 1 aliphatic carbocycles. The first-order valence-corrected chi connectivity index (χ1v) is 9.47. The lowest BCUT2D eigenvalue weighted by Crippen LogP contribution is -2.45. The van der Waals surface area contributed by atoms with Crippen molar-refractivity contribution in [3.63, 3.8) is 0 Å². The summed E-state index contributed by atoms with van der Waals surface area (Å²) in [6, 6.07) is 6.59. The van der Waals surface area contributed by atoms with Crippen molar-refractivity contribution in [2.75, 3.05) is 19.4 Å². The van der Waals surface area contributed by atoms with E-state index in [4.69, 9.17) is 5.11 Å². The van der Waals surface area contributed by atoms with E-state index in [1.165, 1.54) is 6.07 Å². The summed E-state index contributed by atoms with van der Waals surface area (Å²) in [6.45, 7) is 0.148. The highest BCUT2D eigenvalue weighted by molar-refractivity contribution is 8.00. The van der Waals surface area contributed by atoms with E-state index in [0.717, 1.165) is 19.3 Å². The van der Waals surface area contributed by atoms with E-state index in [2.05, 4.69) is 16.6 Å². The van der Waals surface area contributed by atoms with Gasteiger partial charge in [0.25, 0.3) is 0 Å². The van der Waals surface area contributed by atoms with Gasteiger partial charge in [0, 0.05) is 16.9 Å². The SMILES string of the molecule is CSC1(CNS(=O)(=O)c2ccccc2C#CCO)CCC1. The molecule has 0 aromatic heterocycles. The zero-order valence-electron chi connectivity index (χ0n) is 11.9. The second-order valence-corrected chi connectivity index (χ2v) is 8.03. The molecule has 1 aliphatic rings. The van der Waals surface area contributed by atoms with Crippen molar-refractivity contribution < 1.29 is 13.5 Å². The molecule has 0 spiro atoms. The van der Waals surface area contributed by atoms with Crippen molar-refractivity contribution >= 4 is 21.8 Å². The van der Waals surface area contributed by atoms with Crippen LogP contribution in [0.1, 0.15) is 24.8 Å². The van der Waals surface area contributed by atoms with Crippen LogP contribution in [0.5, 0.6) is 0 Å². The number of hydrogen-bond acceptors (Lipinski definition) is 4. The Labute approximate surface area is 130 Å². The number of sulfonamides is 1. The molecule has 2 N–H and O–H groups in total. The van der Waals surface area contributed by atoms with Crippen LogP contribution in [0.25, 0.3) is 0 Å². The number of nitrogens with one attached hydrogen (secondary N) is 1. The van der Waals surface area contributed by atoms with Crippen LogP contribution in [0.15, 0.2) is 29.2 Å². The van der Waals surface area contributed by atoms with Crippen molar-refractivity contribution in [1.29, 1.82) is 0 Å². The summed E-state index contributed by atoms with van der Waals surface area (Å²) >= 11 is 1.73. The van der Waals surface area contributed by atoms with E-state index in [1.54, 1.807) is 30.0 Å². The van der Waals surface area contributed by atoms with E-state index < -0.39 is 10.0 Å². The van der Waals surface area contributed by atoms with Gasteiger partial charge in [-0.15, -0.1) is 0 Å². The van der Waals surface area contributed by atoms with Gasteiger partial charge in [0.05, 0.1) is 4.90 Å². The minimum Gasteiger partial charge on any atom is -0.384 e. The third-order valence-electron chi connectivity index (χ3n) is 3.76. The average molecular weight is 325 g/mol. The van der Waals surface area contributed by atoms with Gasteiger partial charge in [-0.25, -0.2) is 13.1 Å². The third-order valence-corrected chi connectivity index (χ3v) is 6.64. The summed E-state index contributed by atoms with van der Waals surface area (Å²) in [5.74, 6) is 5.18. The summed E-state index contributed by atoms with van der Waals surface area (Å²) in [6.07, 6.45) is 5.26. The van der Waals surface area contributed by atoms with Crippen LogP contribution >= 0.6 is 11.8 Å². The van der Waals surface area contributed by atoms with E-state index in [1.807, 2.05) is 6.26 Å². The minimum absolute atomic E-state index is 0.0405. The molecule has 0 heterocycles. The first kappa shape index (κ1) is 16.4. The number of thioether (sulfide) groups is 1. The quantitative estimate of drug-likeness (QED) is 0.807. The molecule has 1 aromatic carbocycles. The van der Waals surface area contributed by atoms with Gasteiger partial charge in [-0.2, -0.15) is 11.8 Å². The highest BCUT2D eigenvalue weighted by atomic mass is 32.2. The fraction of sp³-hybridized carbons (Fsp3) is 0.467. The number of benzene rings is 1. The molecule has 0 atom stereocenters. The summed E-state index contributed by atoms with van der Waals surface area (Å²) in [7, 11) is -3.59. The third kappa shape index (κ3) is 3.80. The van der Waals surface area contributed by atoms with Crippen molar-refractivity contribution in [3.05, 3.63) is 29.8 Å². The summed E-state index contributed by atoms with van der Waals surface area (Å²) in [5.41, 5.74) is 0.408. The first-order valence-electron chi connectivity index (χ1n) is 6.77. The highest BCUT2D eigenvalue weighted by Gasteiger charge is 2.37. The predicted molar refractivity (Wildman–Crippen MR) is 85.7 cm³/mol. The largest absolute Gasteiger partial charge is 0.384 e. The van der Waals surface area contributed by atoms with Crippen molar-refractivity contribution in [2.24, 2.45) is 0 Å². The van der Waals surface area contributed by atoms with Gasteiger partial charge in [0.15, 0.2) is 0 Å². The van der Waals surface area contributed by atoms with E-state index in [9.17, 15) is 8.42 Å². The van der Waals surface area contributed by atoms with Crippen molar-refractivity contribution in [1.82, 2.24) is 4.72 Å². The zero-order chi connectivity index (χ0) is 15.3. The van der Waals surface area contributed by atoms with Gasteiger partial charge < -0.3 is 5.11 Å². The summed E-state index contributed by atoms with van der Waals surface area (Å²) in [5, 5.41) is 8.76. The van der Waals surface area contributed by atoms with Crippen LogP contribution in [0, 0.1) is 11.8 Å². The standard InChI is InChI=1S/C15H19NO3S2/c1-20-15(9-5-10-15)12-16-21(18,19)14-8-3-2-6-13(14)7-4-11-17/h2-3,6,8,16-17H,5,9-12H2,1H3. The molecular weight excluding hydrogens is 306 g/mol. The molecule has 0 aliphatic heterocycles. The molecule has 6 heteroatoms. The Hall–Kier alpha value is -1.00. The van der Waals surface area contributed by atoms with Crippen LogP contribution in [-0.2, 0) is 10.0 Å². The topological polar surface area (TPSA) is 66.4 Å². The van der Waals surface area contributed by atoms with Crippen molar-refractivity contribution in [2.45, 2.75) is 28.9 Å². The van der Waals surface area contributed by atoms with Gasteiger partial charge >= 0.3 is 0 Å². The molecule has 4 nitrogen and oxygen atoms in total. The van der Waals surface area contributed by atoms with E-state index in [-0.39, 0.29) is 16.2 Å². The maximum absolute atomic E-state index is 12.5. The normalized spacial score (nSPS) is 16.7. The lowest BCUT2D eigenvalue weighted by atomic mass is 9.84. The number of aliphatic hydroxyl groups is 1. The lowest BCUT2D eigenvalue weighted by Gasteiger charge is -2.40. The molecule has 0 bridgehead atoms. The zero-order valence-corrected chi connectivity index (χ0v) is 13.6. The molecule has 114 valence electrons. The number of aliphatic hydroxyl groups excluding tert-OH is 1. The van der Waals surface area contributed by atoms with Gasteiger partial charge in [-0.3, -0.25) is 0 Å². The molecule has 1 saturated carbocycles. The highest BCUT2D eigenvalue weighted by Crippen LogP contribution is 2.42. The first-order chi connectivity index (χ1) is 10.0. The second kappa shape index (κ2) is 6.84. The van der Waals surface area contributed by atoms with Gasteiger partial charge in [-0.05, 0) is 31.2 Å². The van der Waals surface area contributed by atoms with Gasteiger partial charge in [0.1, 0.15) is 6.61 Å². The number of rotatable bonds is 5. The molecule has 2 rings (SSSR count). The Balaban J connectivity index is 2.20. The molecule has 1 fully saturated rings. The molecule has 0 amide bonds. The average Bonchev–Trinajstić information content (AvgIpc) is 2.44. The maximum atomic E-state index is 12.5. The van der Waals surface area contributed by atoms with E-state index >= 15 is 0 Å². The smallest absolute Gasteiger partial charge is 0.241 e. The Morgan fingerprint density at radius 2 is 2.10 bits per heavy atom. The number of hydrogen-bond donors (Lipinski definition) is 2. The fourth-order valence-electron chi connectivity index (χ4n) is 2.27. The van der Waals surface area contributed by atoms with Crippen LogP contribution < -0.4 is 4.72 Å². The van der Waals surface area contributed by atoms with Crippen LogP contribution in [0.4, 0.5) is 0 Å².